The van der Waals surface area contributed by atoms with E-state index in [4.69, 9.17) is 5.11 Å². The summed E-state index contributed by atoms with van der Waals surface area (Å²) in [6.45, 7) is 1.88. The highest BCUT2D eigenvalue weighted by atomic mass is 19.1. The maximum absolute atomic E-state index is 12.0. The molecule has 0 aromatic heterocycles. The normalized spacial score (nSPS) is 24.6. The lowest BCUT2D eigenvalue weighted by molar-refractivity contribution is 0.0595. The van der Waals surface area contributed by atoms with Gasteiger partial charge in [-0.05, 0) is 31.8 Å². The Morgan fingerprint density at radius 2 is 2.10 bits per heavy atom. The van der Waals surface area contributed by atoms with Gasteiger partial charge in [-0.25, -0.2) is 4.39 Å². The summed E-state index contributed by atoms with van der Waals surface area (Å²) in [6, 6.07) is 0. The van der Waals surface area contributed by atoms with Crippen molar-refractivity contribution in [2.24, 2.45) is 5.92 Å². The predicted molar refractivity (Wildman–Crippen MR) is 37.0 cm³/mol. The Kier molecular flexibility index (Phi) is 3.09. The van der Waals surface area contributed by atoms with Crippen molar-refractivity contribution < 1.29 is 9.50 Å². The van der Waals surface area contributed by atoms with E-state index in [1.807, 2.05) is 0 Å². The Morgan fingerprint density at radius 3 is 2.60 bits per heavy atom. The van der Waals surface area contributed by atoms with Crippen LogP contribution in [-0.2, 0) is 0 Å². The van der Waals surface area contributed by atoms with Gasteiger partial charge in [0.1, 0.15) is 0 Å². The minimum absolute atomic E-state index is 0.265. The van der Waals surface area contributed by atoms with Crippen LogP contribution in [0, 0.1) is 12.3 Å². The molecule has 1 atom stereocenters. The highest BCUT2D eigenvalue weighted by Crippen LogP contribution is 2.16. The third-order valence-electron chi connectivity index (χ3n) is 1.81. The highest BCUT2D eigenvalue weighted by Gasteiger charge is 2.16. The van der Waals surface area contributed by atoms with Gasteiger partial charge >= 0.3 is 0 Å². The molecular weight excluding hydrogens is 133 g/mol. The fourth-order valence-electron chi connectivity index (χ4n) is 1.26. The fraction of sp³-hybridized carbons (Fsp3) is 0.857. The third kappa shape index (κ3) is 2.62. The summed E-state index contributed by atoms with van der Waals surface area (Å²) >= 11 is 0. The number of hydrogen-bond acceptors (Lipinski definition) is 2. The molecule has 1 saturated heterocycles. The molecule has 0 bridgehead atoms. The number of nitrogens with one attached hydrogen (secondary N) is 1. The number of alkyl halides is 1. The molecule has 1 unspecified atom stereocenters. The van der Waals surface area contributed by atoms with Crippen molar-refractivity contribution in [3.8, 4) is 0 Å². The van der Waals surface area contributed by atoms with Crippen molar-refractivity contribution in [1.29, 1.82) is 0 Å². The lowest BCUT2D eigenvalue weighted by Gasteiger charge is -2.21. The SMILES string of the molecule is OC(F)[CH]C1CCNCC1. The van der Waals surface area contributed by atoms with Crippen LogP contribution in [-0.4, -0.2) is 24.6 Å². The lowest BCUT2D eigenvalue weighted by Crippen LogP contribution is -2.29. The summed E-state index contributed by atoms with van der Waals surface area (Å²) in [5, 5.41) is 11.5. The molecule has 0 amide bonds. The average molecular weight is 146 g/mol. The molecule has 1 heterocycles. The van der Waals surface area contributed by atoms with Gasteiger partial charge in [0, 0.05) is 6.42 Å². The highest BCUT2D eigenvalue weighted by molar-refractivity contribution is 4.82. The largest absolute Gasteiger partial charge is 0.364 e. The van der Waals surface area contributed by atoms with E-state index in [9.17, 15) is 4.39 Å². The molecule has 2 nitrogen and oxygen atoms in total. The van der Waals surface area contributed by atoms with Gasteiger partial charge in [0.2, 0.25) is 0 Å². The second-order valence-electron chi connectivity index (χ2n) is 2.65. The quantitative estimate of drug-likeness (QED) is 0.594. The zero-order valence-corrected chi connectivity index (χ0v) is 5.89. The molecule has 0 aromatic carbocycles. The van der Waals surface area contributed by atoms with Gasteiger partial charge in [0.25, 0.3) is 0 Å². The first-order chi connectivity index (χ1) is 4.79. The fourth-order valence-corrected chi connectivity index (χ4v) is 1.26. The number of aliphatic hydroxyl groups excluding tert-OH is 1. The molecule has 1 fully saturated rings. The minimum Gasteiger partial charge on any atom is -0.364 e. The van der Waals surface area contributed by atoms with E-state index in [2.05, 4.69) is 5.32 Å². The monoisotopic (exact) mass is 146 g/mol. The molecule has 0 aliphatic carbocycles. The number of aliphatic hydroxyl groups is 1. The van der Waals surface area contributed by atoms with E-state index in [-0.39, 0.29) is 5.92 Å². The molecule has 1 rings (SSSR count). The zero-order chi connectivity index (χ0) is 7.40. The van der Waals surface area contributed by atoms with Crippen LogP contribution in [0.1, 0.15) is 12.8 Å². The second kappa shape index (κ2) is 3.88. The first kappa shape index (κ1) is 7.95. The standard InChI is InChI=1S/C7H13FNO/c8-7(10)5-6-1-3-9-4-2-6/h5-7,9-10H,1-4H2. The topological polar surface area (TPSA) is 32.3 Å². The van der Waals surface area contributed by atoms with Gasteiger partial charge in [-0.3, -0.25) is 0 Å². The summed E-state index contributed by atoms with van der Waals surface area (Å²) in [5.41, 5.74) is 0. The van der Waals surface area contributed by atoms with Crippen LogP contribution in [0.4, 0.5) is 4.39 Å². The van der Waals surface area contributed by atoms with Gasteiger partial charge in [-0.2, -0.15) is 0 Å². The van der Waals surface area contributed by atoms with Crippen LogP contribution in [0.2, 0.25) is 0 Å². The van der Waals surface area contributed by atoms with Crippen molar-refractivity contribution in [2.45, 2.75) is 19.2 Å². The molecule has 1 aliphatic heterocycles. The molecule has 1 aliphatic rings. The Labute approximate surface area is 60.4 Å². The van der Waals surface area contributed by atoms with E-state index < -0.39 is 6.36 Å². The van der Waals surface area contributed by atoms with E-state index in [0.717, 1.165) is 25.9 Å². The van der Waals surface area contributed by atoms with E-state index in [0.29, 0.717) is 0 Å². The van der Waals surface area contributed by atoms with E-state index in [1.165, 1.54) is 6.42 Å². The van der Waals surface area contributed by atoms with Crippen LogP contribution in [0.3, 0.4) is 0 Å². The Morgan fingerprint density at radius 1 is 1.50 bits per heavy atom. The molecule has 1 radical (unpaired) electrons. The molecule has 3 heteroatoms. The molecular formula is C7H13FNO. The van der Waals surface area contributed by atoms with Crippen LogP contribution in [0.5, 0.6) is 0 Å². The molecule has 10 heavy (non-hydrogen) atoms. The summed E-state index contributed by atoms with van der Waals surface area (Å²) in [5.74, 6) is 0.265. The van der Waals surface area contributed by atoms with Crippen LogP contribution in [0.25, 0.3) is 0 Å². The van der Waals surface area contributed by atoms with Crippen molar-refractivity contribution in [3.05, 3.63) is 6.42 Å². The molecule has 0 spiro atoms. The maximum Gasteiger partial charge on any atom is 0.199 e. The van der Waals surface area contributed by atoms with E-state index in [1.54, 1.807) is 0 Å². The van der Waals surface area contributed by atoms with Crippen molar-refractivity contribution in [1.82, 2.24) is 5.32 Å². The summed E-state index contributed by atoms with van der Waals surface area (Å²) in [4.78, 5) is 0. The van der Waals surface area contributed by atoms with Crippen LogP contribution >= 0.6 is 0 Å². The predicted octanol–water partition coefficient (Wildman–Crippen LogP) is 0.478. The van der Waals surface area contributed by atoms with Gasteiger partial charge < -0.3 is 10.4 Å². The molecule has 59 valence electrons. The number of rotatable bonds is 2. The first-order valence-electron chi connectivity index (χ1n) is 3.67. The Bertz CT molecular complexity index is 91.6. The van der Waals surface area contributed by atoms with Gasteiger partial charge in [0.05, 0.1) is 0 Å². The zero-order valence-electron chi connectivity index (χ0n) is 5.89. The van der Waals surface area contributed by atoms with Crippen molar-refractivity contribution >= 4 is 0 Å². The molecule has 0 saturated carbocycles. The van der Waals surface area contributed by atoms with Gasteiger partial charge in [0.15, 0.2) is 6.36 Å². The minimum atomic E-state index is -1.73. The first-order valence-corrected chi connectivity index (χ1v) is 3.67. The van der Waals surface area contributed by atoms with Crippen LogP contribution in [0.15, 0.2) is 0 Å². The third-order valence-corrected chi connectivity index (χ3v) is 1.81. The number of halogens is 1. The van der Waals surface area contributed by atoms with Gasteiger partial charge in [-0.15, -0.1) is 0 Å². The van der Waals surface area contributed by atoms with Crippen LogP contribution < -0.4 is 5.32 Å². The second-order valence-corrected chi connectivity index (χ2v) is 2.65. The maximum atomic E-state index is 12.0. The average Bonchev–Trinajstić information content (AvgIpc) is 1.88. The van der Waals surface area contributed by atoms with Crippen molar-refractivity contribution in [2.75, 3.05) is 13.1 Å². The lowest BCUT2D eigenvalue weighted by atomic mass is 9.95. The van der Waals surface area contributed by atoms with Crippen molar-refractivity contribution in [3.63, 3.8) is 0 Å². The molecule has 0 aromatic rings. The smallest absolute Gasteiger partial charge is 0.199 e. The Balaban J connectivity index is 2.13. The number of hydrogen-bond donors (Lipinski definition) is 2. The summed E-state index contributed by atoms with van der Waals surface area (Å²) in [6.07, 6.45) is 1.53. The summed E-state index contributed by atoms with van der Waals surface area (Å²) < 4.78 is 12.0. The molecule has 2 N–H and O–H groups in total. The van der Waals surface area contributed by atoms with Gasteiger partial charge in [-0.1, -0.05) is 0 Å². The van der Waals surface area contributed by atoms with E-state index >= 15 is 0 Å². The summed E-state index contributed by atoms with van der Waals surface area (Å²) in [7, 11) is 0. The number of piperidine rings is 1. The Hall–Kier alpha value is -0.150.